The monoisotopic (exact) mass is 235 g/mol. The Morgan fingerprint density at radius 3 is 2.50 bits per heavy atom. The van der Waals surface area contributed by atoms with Crippen molar-refractivity contribution in [3.8, 4) is 0 Å². The molecule has 2 aromatic rings. The number of nitrogens with one attached hydrogen (secondary N) is 1. The van der Waals surface area contributed by atoms with Gasteiger partial charge in [-0.3, -0.25) is 0 Å². The maximum atomic E-state index is 8.91. The molecule has 2 N–H and O–H groups in total. The molecule has 1 aromatic heterocycles. The van der Waals surface area contributed by atoms with E-state index in [0.717, 1.165) is 28.6 Å². The number of aromatic nitrogens is 2. The fraction of sp³-hybridized carbons (Fsp3) is 0.273. The van der Waals surface area contributed by atoms with Crippen molar-refractivity contribution in [1.29, 1.82) is 0 Å². The molecule has 0 fully saturated rings. The van der Waals surface area contributed by atoms with Crippen LogP contribution >= 0.6 is 11.5 Å². The minimum absolute atomic E-state index is 0.0866. The highest BCUT2D eigenvalue weighted by molar-refractivity contribution is 7.09. The molecular weight excluding hydrogens is 222 g/mol. The van der Waals surface area contributed by atoms with Crippen LogP contribution in [0.5, 0.6) is 0 Å². The molecule has 2 rings (SSSR count). The van der Waals surface area contributed by atoms with Crippen LogP contribution in [0.15, 0.2) is 24.3 Å². The molecule has 4 nitrogen and oxygen atoms in total. The molecule has 0 atom stereocenters. The summed E-state index contributed by atoms with van der Waals surface area (Å²) in [5.74, 6) is 0.795. The lowest BCUT2D eigenvalue weighted by Gasteiger charge is -2.03. The maximum Gasteiger partial charge on any atom is 0.202 e. The third kappa shape index (κ3) is 2.77. The van der Waals surface area contributed by atoms with E-state index in [9.17, 15) is 0 Å². The molecule has 0 spiro atoms. The smallest absolute Gasteiger partial charge is 0.202 e. The second-order valence-corrected chi connectivity index (χ2v) is 4.23. The van der Waals surface area contributed by atoms with Crippen molar-refractivity contribution in [1.82, 2.24) is 9.36 Å². The maximum absolute atomic E-state index is 8.91. The first-order valence-corrected chi connectivity index (χ1v) is 5.78. The van der Waals surface area contributed by atoms with E-state index in [1.165, 1.54) is 11.5 Å². The van der Waals surface area contributed by atoms with Gasteiger partial charge in [0.05, 0.1) is 6.61 Å². The lowest BCUT2D eigenvalue weighted by atomic mass is 10.1. The summed E-state index contributed by atoms with van der Waals surface area (Å²) < 4.78 is 4.09. The van der Waals surface area contributed by atoms with Crippen LogP contribution in [0, 0.1) is 6.92 Å². The molecule has 1 heterocycles. The van der Waals surface area contributed by atoms with Gasteiger partial charge in [-0.05, 0) is 18.1 Å². The van der Waals surface area contributed by atoms with Gasteiger partial charge in [-0.2, -0.15) is 4.37 Å². The highest BCUT2D eigenvalue weighted by atomic mass is 32.1. The van der Waals surface area contributed by atoms with Crippen molar-refractivity contribution in [3.05, 3.63) is 41.2 Å². The van der Waals surface area contributed by atoms with Crippen LogP contribution in [-0.2, 0) is 13.2 Å². The molecule has 1 aromatic carbocycles. The van der Waals surface area contributed by atoms with Gasteiger partial charge in [0.2, 0.25) is 5.13 Å². The molecular formula is C11H13N3OS. The third-order valence-corrected chi connectivity index (χ3v) is 2.94. The number of benzene rings is 1. The lowest BCUT2D eigenvalue weighted by Crippen LogP contribution is -1.99. The van der Waals surface area contributed by atoms with Crippen molar-refractivity contribution in [2.75, 3.05) is 5.32 Å². The Labute approximate surface area is 98.1 Å². The second kappa shape index (κ2) is 5.05. The van der Waals surface area contributed by atoms with E-state index < -0.39 is 0 Å². The fourth-order valence-electron chi connectivity index (χ4n) is 1.31. The average molecular weight is 235 g/mol. The summed E-state index contributed by atoms with van der Waals surface area (Å²) in [5, 5.41) is 12.9. The number of hydrogen-bond acceptors (Lipinski definition) is 5. The van der Waals surface area contributed by atoms with Crippen molar-refractivity contribution >= 4 is 16.7 Å². The fourth-order valence-corrected chi connectivity index (χ4v) is 1.88. The van der Waals surface area contributed by atoms with Crippen molar-refractivity contribution in [2.24, 2.45) is 0 Å². The first kappa shape index (κ1) is 11.0. The average Bonchev–Trinajstić information content (AvgIpc) is 2.73. The number of rotatable bonds is 4. The van der Waals surface area contributed by atoms with Gasteiger partial charge < -0.3 is 10.4 Å². The molecule has 0 aliphatic heterocycles. The van der Waals surface area contributed by atoms with Crippen molar-refractivity contribution in [2.45, 2.75) is 20.1 Å². The summed E-state index contributed by atoms with van der Waals surface area (Å²) in [4.78, 5) is 4.22. The van der Waals surface area contributed by atoms with E-state index in [1.54, 1.807) is 0 Å². The number of aryl methyl sites for hydroxylation is 1. The van der Waals surface area contributed by atoms with Gasteiger partial charge >= 0.3 is 0 Å². The van der Waals surface area contributed by atoms with Gasteiger partial charge in [0.1, 0.15) is 5.82 Å². The van der Waals surface area contributed by atoms with E-state index in [-0.39, 0.29) is 6.61 Å². The van der Waals surface area contributed by atoms with Gasteiger partial charge in [0.25, 0.3) is 0 Å². The molecule has 16 heavy (non-hydrogen) atoms. The van der Waals surface area contributed by atoms with E-state index in [2.05, 4.69) is 14.7 Å². The molecule has 0 unspecified atom stereocenters. The minimum atomic E-state index is 0.0866. The molecule has 84 valence electrons. The molecule has 0 bridgehead atoms. The minimum Gasteiger partial charge on any atom is -0.392 e. The van der Waals surface area contributed by atoms with E-state index in [4.69, 9.17) is 5.11 Å². The predicted molar refractivity (Wildman–Crippen MR) is 64.3 cm³/mol. The van der Waals surface area contributed by atoms with Crippen molar-refractivity contribution < 1.29 is 5.11 Å². The number of aliphatic hydroxyl groups is 1. The lowest BCUT2D eigenvalue weighted by molar-refractivity contribution is 0.282. The quantitative estimate of drug-likeness (QED) is 0.850. The number of aliphatic hydroxyl groups excluding tert-OH is 1. The molecule has 0 aliphatic carbocycles. The van der Waals surface area contributed by atoms with Gasteiger partial charge in [-0.25, -0.2) is 4.98 Å². The van der Waals surface area contributed by atoms with Gasteiger partial charge in [0, 0.05) is 18.1 Å². The Hall–Kier alpha value is -1.46. The van der Waals surface area contributed by atoms with Crippen LogP contribution in [0.1, 0.15) is 17.0 Å². The Bertz CT molecular complexity index is 453. The molecule has 0 amide bonds. The number of anilines is 1. The number of nitrogens with zero attached hydrogens (tertiary/aromatic N) is 2. The Kier molecular flexibility index (Phi) is 3.48. The topological polar surface area (TPSA) is 58.0 Å². The second-order valence-electron chi connectivity index (χ2n) is 3.47. The summed E-state index contributed by atoms with van der Waals surface area (Å²) in [6, 6.07) is 7.82. The van der Waals surface area contributed by atoms with Crippen LogP contribution in [-0.4, -0.2) is 14.5 Å². The van der Waals surface area contributed by atoms with Crippen molar-refractivity contribution in [3.63, 3.8) is 0 Å². The highest BCUT2D eigenvalue weighted by Crippen LogP contribution is 2.12. The first-order chi connectivity index (χ1) is 7.78. The molecule has 0 saturated heterocycles. The first-order valence-electron chi connectivity index (χ1n) is 5.01. The van der Waals surface area contributed by atoms with Gasteiger partial charge in [0.15, 0.2) is 0 Å². The third-order valence-electron chi connectivity index (χ3n) is 2.18. The van der Waals surface area contributed by atoms with Crippen LogP contribution in [0.4, 0.5) is 5.13 Å². The van der Waals surface area contributed by atoms with Gasteiger partial charge in [-0.15, -0.1) is 0 Å². The zero-order valence-electron chi connectivity index (χ0n) is 8.97. The van der Waals surface area contributed by atoms with Crippen LogP contribution in [0.2, 0.25) is 0 Å². The molecule has 5 heteroatoms. The Morgan fingerprint density at radius 1 is 1.25 bits per heavy atom. The standard InChI is InChI=1S/C11H13N3OS/c1-8-13-11(16-14-8)12-6-9-2-4-10(7-15)5-3-9/h2-5,15H,6-7H2,1H3,(H,12,13,14). The molecule has 0 saturated carbocycles. The van der Waals surface area contributed by atoms with Crippen LogP contribution in [0.25, 0.3) is 0 Å². The van der Waals surface area contributed by atoms with Crippen LogP contribution in [0.3, 0.4) is 0 Å². The predicted octanol–water partition coefficient (Wildman–Crippen LogP) is 1.95. The largest absolute Gasteiger partial charge is 0.392 e. The summed E-state index contributed by atoms with van der Waals surface area (Å²) in [5.41, 5.74) is 2.08. The van der Waals surface area contributed by atoms with E-state index in [1.807, 2.05) is 31.2 Å². The summed E-state index contributed by atoms with van der Waals surface area (Å²) in [6.45, 7) is 2.68. The molecule has 0 aliphatic rings. The zero-order valence-corrected chi connectivity index (χ0v) is 9.79. The Balaban J connectivity index is 1.94. The molecule has 0 radical (unpaired) electrons. The van der Waals surface area contributed by atoms with Gasteiger partial charge in [-0.1, -0.05) is 24.3 Å². The van der Waals surface area contributed by atoms with E-state index in [0.29, 0.717) is 0 Å². The number of hydrogen-bond donors (Lipinski definition) is 2. The normalized spacial score (nSPS) is 10.4. The summed E-state index contributed by atoms with van der Waals surface area (Å²) >= 11 is 1.36. The Morgan fingerprint density at radius 2 is 1.94 bits per heavy atom. The summed E-state index contributed by atoms with van der Waals surface area (Å²) in [6.07, 6.45) is 0. The van der Waals surface area contributed by atoms with Crippen LogP contribution < -0.4 is 5.32 Å². The summed E-state index contributed by atoms with van der Waals surface area (Å²) in [7, 11) is 0. The SMILES string of the molecule is Cc1nsc(NCc2ccc(CO)cc2)n1. The zero-order chi connectivity index (χ0) is 11.4. The van der Waals surface area contributed by atoms with E-state index >= 15 is 0 Å². The highest BCUT2D eigenvalue weighted by Gasteiger charge is 1.99.